The molecule has 3 rings (SSSR count). The van der Waals surface area contributed by atoms with Gasteiger partial charge < -0.3 is 10.6 Å². The Balaban J connectivity index is 1.79. The molecular weight excluding hydrogens is 362 g/mol. The summed E-state index contributed by atoms with van der Waals surface area (Å²) in [5, 5.41) is 0. The second-order valence-electron chi connectivity index (χ2n) is 8.33. The van der Waals surface area contributed by atoms with Crippen LogP contribution in [0.2, 0.25) is 0 Å². The van der Waals surface area contributed by atoms with Crippen LogP contribution in [0.4, 0.5) is 0 Å². The Morgan fingerprint density at radius 3 is 2.63 bits per heavy atom. The van der Waals surface area contributed by atoms with E-state index in [4.69, 9.17) is 5.73 Å². The first-order chi connectivity index (χ1) is 12.8. The molecule has 0 aromatic heterocycles. The minimum Gasteiger partial charge on any atom is -0.338 e. The Bertz CT molecular complexity index is 789. The van der Waals surface area contributed by atoms with E-state index in [0.717, 1.165) is 32.1 Å². The van der Waals surface area contributed by atoms with Crippen molar-refractivity contribution in [3.63, 3.8) is 0 Å². The Morgan fingerprint density at radius 1 is 1.30 bits per heavy atom. The maximum absolute atomic E-state index is 13.1. The third kappa shape index (κ3) is 4.20. The van der Waals surface area contributed by atoms with Gasteiger partial charge in [0.15, 0.2) is 0 Å². The van der Waals surface area contributed by atoms with Crippen LogP contribution >= 0.6 is 0 Å². The molecule has 150 valence electrons. The van der Waals surface area contributed by atoms with Gasteiger partial charge in [-0.1, -0.05) is 32.3 Å². The summed E-state index contributed by atoms with van der Waals surface area (Å²) in [6, 6.07) is 6.51. The Hall–Kier alpha value is -1.44. The van der Waals surface area contributed by atoms with E-state index in [2.05, 4.69) is 6.92 Å². The molecule has 1 heterocycles. The molecule has 0 bridgehead atoms. The molecule has 0 spiro atoms. The fourth-order valence-corrected chi connectivity index (χ4v) is 5.61. The van der Waals surface area contributed by atoms with Crippen LogP contribution in [-0.4, -0.2) is 56.3 Å². The maximum atomic E-state index is 13.1. The predicted molar refractivity (Wildman–Crippen MR) is 106 cm³/mol. The van der Waals surface area contributed by atoms with Crippen molar-refractivity contribution < 1.29 is 13.2 Å². The third-order valence-corrected chi connectivity index (χ3v) is 8.09. The van der Waals surface area contributed by atoms with E-state index in [1.165, 1.54) is 16.8 Å². The first-order valence-corrected chi connectivity index (χ1v) is 11.3. The molecule has 6 nitrogen and oxygen atoms in total. The van der Waals surface area contributed by atoms with Crippen LogP contribution in [0, 0.1) is 5.41 Å². The molecule has 1 amide bonds. The molecule has 27 heavy (non-hydrogen) atoms. The van der Waals surface area contributed by atoms with E-state index in [1.54, 1.807) is 30.1 Å². The van der Waals surface area contributed by atoms with Gasteiger partial charge in [-0.2, -0.15) is 4.31 Å². The van der Waals surface area contributed by atoms with Crippen molar-refractivity contribution in [3.05, 3.63) is 29.8 Å². The minimum atomic E-state index is -3.60. The highest BCUT2D eigenvalue weighted by atomic mass is 32.2. The Labute approximate surface area is 162 Å². The van der Waals surface area contributed by atoms with Gasteiger partial charge in [-0.15, -0.1) is 0 Å². The maximum Gasteiger partial charge on any atom is 0.253 e. The van der Waals surface area contributed by atoms with Crippen molar-refractivity contribution in [2.75, 3.05) is 26.7 Å². The second-order valence-corrected chi connectivity index (χ2v) is 10.3. The minimum absolute atomic E-state index is 0.0481. The summed E-state index contributed by atoms with van der Waals surface area (Å²) in [7, 11) is -1.94. The average molecular weight is 394 g/mol. The molecule has 1 unspecified atom stereocenters. The fourth-order valence-electron chi connectivity index (χ4n) is 4.14. The van der Waals surface area contributed by atoms with E-state index >= 15 is 0 Å². The summed E-state index contributed by atoms with van der Waals surface area (Å²) in [5.74, 6) is -0.121. The number of carbonyl (C=O) groups is 1. The molecular formula is C20H31N3O3S. The third-order valence-electron chi connectivity index (χ3n) is 6.18. The molecule has 1 aliphatic carbocycles. The van der Waals surface area contributed by atoms with Crippen LogP contribution in [-0.2, 0) is 10.0 Å². The van der Waals surface area contributed by atoms with Crippen molar-refractivity contribution >= 4 is 15.9 Å². The SMILES string of the molecule is CN(C1CCCCC1)S(=O)(=O)c1cccc(C(=O)N2CCC(C)(CN)C2)c1. The molecule has 0 radical (unpaired) electrons. The quantitative estimate of drug-likeness (QED) is 0.833. The van der Waals surface area contributed by atoms with Gasteiger partial charge in [-0.3, -0.25) is 4.79 Å². The van der Waals surface area contributed by atoms with Gasteiger partial charge in [0, 0.05) is 31.7 Å². The summed E-state index contributed by atoms with van der Waals surface area (Å²) in [6.45, 7) is 3.89. The number of rotatable bonds is 5. The van der Waals surface area contributed by atoms with Gasteiger partial charge in [-0.25, -0.2) is 8.42 Å². The summed E-state index contributed by atoms with van der Waals surface area (Å²) < 4.78 is 27.6. The first kappa shape index (κ1) is 20.3. The smallest absolute Gasteiger partial charge is 0.253 e. The largest absolute Gasteiger partial charge is 0.338 e. The number of amides is 1. The Morgan fingerprint density at radius 2 is 2.00 bits per heavy atom. The van der Waals surface area contributed by atoms with Crippen molar-refractivity contribution in [1.82, 2.24) is 9.21 Å². The van der Waals surface area contributed by atoms with Gasteiger partial charge in [0.25, 0.3) is 5.91 Å². The van der Waals surface area contributed by atoms with E-state index in [0.29, 0.717) is 25.2 Å². The van der Waals surface area contributed by atoms with Crippen molar-refractivity contribution in [2.45, 2.75) is 56.4 Å². The number of nitrogens with two attached hydrogens (primary N) is 1. The summed E-state index contributed by atoms with van der Waals surface area (Å²) >= 11 is 0. The molecule has 1 aromatic carbocycles. The van der Waals surface area contributed by atoms with Crippen LogP contribution < -0.4 is 5.73 Å². The zero-order valence-electron chi connectivity index (χ0n) is 16.4. The van der Waals surface area contributed by atoms with Crippen LogP contribution in [0.1, 0.15) is 55.8 Å². The standard InChI is InChI=1S/C20H31N3O3S/c1-20(14-21)11-12-23(15-20)19(24)16-7-6-10-18(13-16)27(25,26)22(2)17-8-4-3-5-9-17/h6-7,10,13,17H,3-5,8-9,11-12,14-15,21H2,1-2H3. The highest BCUT2D eigenvalue weighted by Crippen LogP contribution is 2.30. The molecule has 1 atom stereocenters. The van der Waals surface area contributed by atoms with Crippen molar-refractivity contribution in [3.8, 4) is 0 Å². The van der Waals surface area contributed by atoms with Crippen LogP contribution in [0.15, 0.2) is 29.2 Å². The lowest BCUT2D eigenvalue weighted by Gasteiger charge is -2.30. The van der Waals surface area contributed by atoms with Crippen LogP contribution in [0.5, 0.6) is 0 Å². The average Bonchev–Trinajstić information content (AvgIpc) is 3.10. The van der Waals surface area contributed by atoms with Gasteiger partial charge in [-0.05, 0) is 49.4 Å². The molecule has 1 saturated carbocycles. The molecule has 7 heteroatoms. The van der Waals surface area contributed by atoms with Gasteiger partial charge in [0.05, 0.1) is 4.90 Å². The highest BCUT2D eigenvalue weighted by Gasteiger charge is 2.36. The lowest BCUT2D eigenvalue weighted by atomic mass is 9.90. The fraction of sp³-hybridized carbons (Fsp3) is 0.650. The Kier molecular flexibility index (Phi) is 5.93. The van der Waals surface area contributed by atoms with Crippen molar-refractivity contribution in [2.24, 2.45) is 11.1 Å². The molecule has 1 aliphatic heterocycles. The summed E-state index contributed by atoms with van der Waals surface area (Å²) in [6.07, 6.45) is 5.99. The van der Waals surface area contributed by atoms with E-state index in [-0.39, 0.29) is 22.3 Å². The van der Waals surface area contributed by atoms with Crippen LogP contribution in [0.25, 0.3) is 0 Å². The summed E-state index contributed by atoms with van der Waals surface area (Å²) in [5.41, 5.74) is 6.20. The number of sulfonamides is 1. The van der Waals surface area contributed by atoms with Crippen molar-refractivity contribution in [1.29, 1.82) is 0 Å². The normalized spacial score (nSPS) is 24.5. The van der Waals surface area contributed by atoms with Crippen LogP contribution in [0.3, 0.4) is 0 Å². The predicted octanol–water partition coefficient (Wildman–Crippen LogP) is 2.45. The number of carbonyl (C=O) groups excluding carboxylic acids is 1. The molecule has 2 aliphatic rings. The van der Waals surface area contributed by atoms with E-state index in [1.807, 2.05) is 0 Å². The highest BCUT2D eigenvalue weighted by molar-refractivity contribution is 7.89. The number of hydrogen-bond acceptors (Lipinski definition) is 4. The van der Waals surface area contributed by atoms with Gasteiger partial charge in [0.2, 0.25) is 10.0 Å². The zero-order chi connectivity index (χ0) is 19.7. The van der Waals surface area contributed by atoms with Gasteiger partial charge >= 0.3 is 0 Å². The van der Waals surface area contributed by atoms with E-state index < -0.39 is 10.0 Å². The number of nitrogens with zero attached hydrogens (tertiary/aromatic N) is 2. The first-order valence-electron chi connectivity index (χ1n) is 9.84. The summed E-state index contributed by atoms with van der Waals surface area (Å²) in [4.78, 5) is 14.9. The lowest BCUT2D eigenvalue weighted by molar-refractivity contribution is 0.0776. The zero-order valence-corrected chi connectivity index (χ0v) is 17.2. The topological polar surface area (TPSA) is 83.7 Å². The molecule has 1 aromatic rings. The van der Waals surface area contributed by atoms with Gasteiger partial charge in [0.1, 0.15) is 0 Å². The second kappa shape index (κ2) is 7.89. The molecule has 1 saturated heterocycles. The van der Waals surface area contributed by atoms with E-state index in [9.17, 15) is 13.2 Å². The number of benzene rings is 1. The number of hydrogen-bond donors (Lipinski definition) is 1. The molecule has 2 fully saturated rings. The molecule has 2 N–H and O–H groups in total. The number of likely N-dealkylation sites (tertiary alicyclic amines) is 1. The lowest BCUT2D eigenvalue weighted by Crippen LogP contribution is -2.38. The monoisotopic (exact) mass is 393 g/mol.